The van der Waals surface area contributed by atoms with Crippen molar-refractivity contribution in [2.75, 3.05) is 38.2 Å². The maximum atomic E-state index is 9.51. The van der Waals surface area contributed by atoms with Crippen molar-refractivity contribution in [3.05, 3.63) is 71.4 Å². The van der Waals surface area contributed by atoms with Crippen LogP contribution in [0.1, 0.15) is 22.9 Å². The van der Waals surface area contributed by atoms with E-state index in [0.29, 0.717) is 18.3 Å². The highest BCUT2D eigenvalue weighted by Crippen LogP contribution is 2.28. The number of nitrogens with one attached hydrogen (secondary N) is 1. The van der Waals surface area contributed by atoms with Crippen molar-refractivity contribution in [3.8, 4) is 17.5 Å². The number of hydrogen-bond donors (Lipinski definition) is 1. The molecule has 0 radical (unpaired) electrons. The van der Waals surface area contributed by atoms with Crippen LogP contribution in [0.4, 0.5) is 5.88 Å². The molecule has 148 valence electrons. The van der Waals surface area contributed by atoms with Crippen LogP contribution in [-0.4, -0.2) is 42.7 Å². The minimum atomic E-state index is 0.152. The number of aromatic nitrogens is 1. The van der Waals surface area contributed by atoms with Gasteiger partial charge in [0.15, 0.2) is 0 Å². The zero-order valence-electron chi connectivity index (χ0n) is 16.5. The first kappa shape index (κ1) is 19.2. The Morgan fingerprint density at radius 1 is 1.10 bits per heavy atom. The fourth-order valence-electron chi connectivity index (χ4n) is 3.55. The van der Waals surface area contributed by atoms with Crippen molar-refractivity contribution < 1.29 is 9.15 Å². The van der Waals surface area contributed by atoms with Crippen LogP contribution in [0.5, 0.6) is 0 Å². The number of hydrogen-bond acceptors (Lipinski definition) is 6. The molecule has 1 aliphatic rings. The Labute approximate surface area is 170 Å². The third kappa shape index (κ3) is 4.48. The van der Waals surface area contributed by atoms with Crippen LogP contribution in [0.2, 0.25) is 0 Å². The molecule has 1 aromatic heterocycles. The normalized spacial score (nSPS) is 15.6. The van der Waals surface area contributed by atoms with Crippen LogP contribution >= 0.6 is 0 Å². The standard InChI is InChI=1S/C23H24N4O2/c1-17-7-9-19(10-8-17)22-26-20(15-24)23(29-22)25-16-21(18-5-3-2-4-6-18)27-11-13-28-14-12-27/h2-10,21,25H,11-14,16H2,1H3. The third-order valence-electron chi connectivity index (χ3n) is 5.16. The van der Waals surface area contributed by atoms with Gasteiger partial charge in [-0.1, -0.05) is 48.0 Å². The van der Waals surface area contributed by atoms with Gasteiger partial charge in [-0.15, -0.1) is 0 Å². The van der Waals surface area contributed by atoms with Gasteiger partial charge in [0.05, 0.1) is 19.3 Å². The van der Waals surface area contributed by atoms with E-state index < -0.39 is 0 Å². The number of oxazole rings is 1. The summed E-state index contributed by atoms with van der Waals surface area (Å²) < 4.78 is 11.4. The summed E-state index contributed by atoms with van der Waals surface area (Å²) >= 11 is 0. The summed E-state index contributed by atoms with van der Waals surface area (Å²) in [5.41, 5.74) is 3.51. The molecule has 3 aromatic rings. The van der Waals surface area contributed by atoms with Gasteiger partial charge in [0, 0.05) is 25.2 Å². The number of anilines is 1. The molecule has 1 unspecified atom stereocenters. The van der Waals surface area contributed by atoms with Crippen LogP contribution in [0, 0.1) is 18.3 Å². The number of ether oxygens (including phenoxy) is 1. The zero-order valence-corrected chi connectivity index (χ0v) is 16.5. The maximum Gasteiger partial charge on any atom is 0.232 e. The van der Waals surface area contributed by atoms with Crippen LogP contribution in [0.15, 0.2) is 59.0 Å². The number of benzene rings is 2. The first-order valence-electron chi connectivity index (χ1n) is 9.83. The van der Waals surface area contributed by atoms with E-state index in [1.165, 1.54) is 5.56 Å². The first-order valence-corrected chi connectivity index (χ1v) is 9.83. The summed E-state index contributed by atoms with van der Waals surface area (Å²) in [6, 6.07) is 20.6. The fraction of sp³-hybridized carbons (Fsp3) is 0.304. The molecule has 0 bridgehead atoms. The van der Waals surface area contributed by atoms with E-state index in [2.05, 4.69) is 33.4 Å². The Balaban J connectivity index is 1.55. The molecule has 29 heavy (non-hydrogen) atoms. The van der Waals surface area contributed by atoms with Crippen molar-refractivity contribution in [1.82, 2.24) is 9.88 Å². The Hall–Kier alpha value is -3.14. The van der Waals surface area contributed by atoms with Crippen LogP contribution in [-0.2, 0) is 4.74 Å². The number of morpholine rings is 1. The highest BCUT2D eigenvalue weighted by atomic mass is 16.5. The fourth-order valence-corrected chi connectivity index (χ4v) is 3.55. The summed E-state index contributed by atoms with van der Waals surface area (Å²) in [6.45, 7) is 5.84. The van der Waals surface area contributed by atoms with Gasteiger partial charge in [0.1, 0.15) is 6.07 Å². The Kier molecular flexibility index (Phi) is 5.89. The second-order valence-corrected chi connectivity index (χ2v) is 7.13. The van der Waals surface area contributed by atoms with Gasteiger partial charge in [-0.05, 0) is 24.6 Å². The summed E-state index contributed by atoms with van der Waals surface area (Å²) in [5.74, 6) is 0.865. The molecular formula is C23H24N4O2. The zero-order chi connectivity index (χ0) is 20.1. The predicted octanol–water partition coefficient (Wildman–Crippen LogP) is 4.01. The summed E-state index contributed by atoms with van der Waals surface area (Å²) in [4.78, 5) is 6.77. The molecule has 1 fully saturated rings. The van der Waals surface area contributed by atoms with Gasteiger partial charge in [-0.3, -0.25) is 4.90 Å². The summed E-state index contributed by atoms with van der Waals surface area (Å²) in [6.07, 6.45) is 0. The van der Waals surface area contributed by atoms with Gasteiger partial charge in [0.2, 0.25) is 17.5 Å². The molecule has 1 atom stereocenters. The van der Waals surface area contributed by atoms with Gasteiger partial charge >= 0.3 is 0 Å². The number of rotatable bonds is 6. The van der Waals surface area contributed by atoms with Gasteiger partial charge in [-0.2, -0.15) is 10.2 Å². The molecule has 1 saturated heterocycles. The maximum absolute atomic E-state index is 9.51. The average Bonchev–Trinajstić information content (AvgIpc) is 3.19. The lowest BCUT2D eigenvalue weighted by molar-refractivity contribution is 0.0186. The van der Waals surface area contributed by atoms with Gasteiger partial charge in [0.25, 0.3) is 0 Å². The second-order valence-electron chi connectivity index (χ2n) is 7.13. The summed E-state index contributed by atoms with van der Waals surface area (Å²) in [5, 5.41) is 12.8. The van der Waals surface area contributed by atoms with Crippen molar-refractivity contribution >= 4 is 5.88 Å². The van der Waals surface area contributed by atoms with Crippen molar-refractivity contribution in [1.29, 1.82) is 5.26 Å². The quantitative estimate of drug-likeness (QED) is 0.688. The predicted molar refractivity (Wildman–Crippen MR) is 111 cm³/mol. The van der Waals surface area contributed by atoms with E-state index >= 15 is 0 Å². The average molecular weight is 388 g/mol. The number of nitrogens with zero attached hydrogens (tertiary/aromatic N) is 3. The molecule has 0 aliphatic carbocycles. The van der Waals surface area contributed by atoms with E-state index in [-0.39, 0.29) is 11.7 Å². The van der Waals surface area contributed by atoms with Gasteiger partial charge in [-0.25, -0.2) is 0 Å². The van der Waals surface area contributed by atoms with Crippen molar-refractivity contribution in [2.24, 2.45) is 0 Å². The molecule has 0 saturated carbocycles. The minimum absolute atomic E-state index is 0.152. The third-order valence-corrected chi connectivity index (χ3v) is 5.16. The molecular weight excluding hydrogens is 364 g/mol. The molecule has 6 heteroatoms. The van der Waals surface area contributed by atoms with E-state index in [1.54, 1.807) is 0 Å². The smallest absolute Gasteiger partial charge is 0.232 e. The molecule has 0 spiro atoms. The van der Waals surface area contributed by atoms with E-state index in [4.69, 9.17) is 9.15 Å². The molecule has 0 amide bonds. The monoisotopic (exact) mass is 388 g/mol. The molecule has 6 nitrogen and oxygen atoms in total. The Bertz CT molecular complexity index is 970. The van der Waals surface area contributed by atoms with E-state index in [9.17, 15) is 5.26 Å². The number of aryl methyl sites for hydroxylation is 1. The molecule has 1 N–H and O–H groups in total. The molecule has 2 aromatic carbocycles. The highest BCUT2D eigenvalue weighted by molar-refractivity contribution is 5.59. The second kappa shape index (κ2) is 8.91. The van der Waals surface area contributed by atoms with Crippen LogP contribution < -0.4 is 5.32 Å². The lowest BCUT2D eigenvalue weighted by atomic mass is 10.0. The molecule has 4 rings (SSSR count). The largest absolute Gasteiger partial charge is 0.419 e. The van der Waals surface area contributed by atoms with E-state index in [1.807, 2.05) is 49.4 Å². The van der Waals surface area contributed by atoms with E-state index in [0.717, 1.165) is 37.4 Å². The summed E-state index contributed by atoms with van der Waals surface area (Å²) in [7, 11) is 0. The lowest BCUT2D eigenvalue weighted by Gasteiger charge is -2.34. The molecule has 2 heterocycles. The Morgan fingerprint density at radius 3 is 2.52 bits per heavy atom. The van der Waals surface area contributed by atoms with Crippen LogP contribution in [0.3, 0.4) is 0 Å². The minimum Gasteiger partial charge on any atom is -0.419 e. The first-order chi connectivity index (χ1) is 14.2. The van der Waals surface area contributed by atoms with Crippen LogP contribution in [0.25, 0.3) is 11.5 Å². The Morgan fingerprint density at radius 2 is 1.83 bits per heavy atom. The lowest BCUT2D eigenvalue weighted by Crippen LogP contribution is -2.41. The highest BCUT2D eigenvalue weighted by Gasteiger charge is 2.24. The SMILES string of the molecule is Cc1ccc(-c2nc(C#N)c(NCC(c3ccccc3)N3CCOCC3)o2)cc1. The van der Waals surface area contributed by atoms with Gasteiger partial charge < -0.3 is 14.5 Å². The van der Waals surface area contributed by atoms with Crippen molar-refractivity contribution in [2.45, 2.75) is 13.0 Å². The van der Waals surface area contributed by atoms with Crippen molar-refractivity contribution in [3.63, 3.8) is 0 Å². The molecule has 1 aliphatic heterocycles. The topological polar surface area (TPSA) is 74.3 Å². The number of nitriles is 1.